The van der Waals surface area contributed by atoms with Crippen LogP contribution in [0.5, 0.6) is 0 Å². The van der Waals surface area contributed by atoms with Gasteiger partial charge in [-0.25, -0.2) is 4.98 Å². The van der Waals surface area contributed by atoms with Gasteiger partial charge in [-0.1, -0.05) is 0 Å². The van der Waals surface area contributed by atoms with Crippen molar-refractivity contribution in [2.24, 2.45) is 0 Å². The molecule has 1 saturated carbocycles. The standard InChI is InChI=1S/C17H17BrN4O3/c1-10-8-13(18)24-14(10)16(23)21-4-6-22(7-5-21)17-12(9-19)20-15(25-17)11-2-3-11/h8,11H,2-7H2,1H3. The maximum absolute atomic E-state index is 12.6. The zero-order valence-electron chi connectivity index (χ0n) is 13.8. The molecular formula is C17H17BrN4O3. The van der Waals surface area contributed by atoms with Crippen LogP contribution in [0, 0.1) is 18.3 Å². The number of carbonyl (C=O) groups excluding carboxylic acids is 1. The van der Waals surface area contributed by atoms with Gasteiger partial charge in [0.15, 0.2) is 10.4 Å². The SMILES string of the molecule is Cc1cc(Br)oc1C(=O)N1CCN(c2oc(C3CC3)nc2C#N)CC1. The molecule has 1 amide bonds. The van der Waals surface area contributed by atoms with Gasteiger partial charge in [-0.15, -0.1) is 0 Å². The average molecular weight is 405 g/mol. The van der Waals surface area contributed by atoms with Crippen LogP contribution >= 0.6 is 15.9 Å². The molecule has 3 heterocycles. The fourth-order valence-electron chi connectivity index (χ4n) is 3.03. The Labute approximate surface area is 153 Å². The number of anilines is 1. The maximum Gasteiger partial charge on any atom is 0.290 e. The van der Waals surface area contributed by atoms with Crippen molar-refractivity contribution in [1.82, 2.24) is 9.88 Å². The monoisotopic (exact) mass is 404 g/mol. The van der Waals surface area contributed by atoms with Gasteiger partial charge in [-0.2, -0.15) is 5.26 Å². The van der Waals surface area contributed by atoms with Crippen LogP contribution in [0.15, 0.2) is 19.6 Å². The summed E-state index contributed by atoms with van der Waals surface area (Å²) in [7, 11) is 0. The second-order valence-corrected chi connectivity index (χ2v) is 7.22. The van der Waals surface area contributed by atoms with Crippen molar-refractivity contribution in [2.75, 3.05) is 31.1 Å². The number of nitrogens with zero attached hydrogens (tertiary/aromatic N) is 4. The molecule has 4 rings (SSSR count). The van der Waals surface area contributed by atoms with Crippen molar-refractivity contribution < 1.29 is 13.6 Å². The number of rotatable bonds is 3. The molecule has 0 bridgehead atoms. The molecule has 1 aliphatic carbocycles. The number of nitriles is 1. The molecule has 1 saturated heterocycles. The van der Waals surface area contributed by atoms with Crippen LogP contribution in [0.3, 0.4) is 0 Å². The third-order valence-corrected chi connectivity index (χ3v) is 4.99. The van der Waals surface area contributed by atoms with Crippen molar-refractivity contribution in [2.45, 2.75) is 25.7 Å². The number of carbonyl (C=O) groups is 1. The Morgan fingerprint density at radius 2 is 2.04 bits per heavy atom. The molecule has 2 fully saturated rings. The lowest BCUT2D eigenvalue weighted by atomic mass is 10.2. The van der Waals surface area contributed by atoms with Crippen molar-refractivity contribution in [3.63, 3.8) is 0 Å². The Balaban J connectivity index is 1.46. The molecule has 130 valence electrons. The van der Waals surface area contributed by atoms with Gasteiger partial charge in [0.1, 0.15) is 6.07 Å². The van der Waals surface area contributed by atoms with Gasteiger partial charge in [0, 0.05) is 37.7 Å². The number of hydrogen-bond donors (Lipinski definition) is 0. The third-order valence-electron chi connectivity index (χ3n) is 4.59. The predicted octanol–water partition coefficient (Wildman–Crippen LogP) is 3.05. The van der Waals surface area contributed by atoms with Gasteiger partial charge in [0.2, 0.25) is 17.5 Å². The summed E-state index contributed by atoms with van der Waals surface area (Å²) in [6.07, 6.45) is 2.15. The lowest BCUT2D eigenvalue weighted by molar-refractivity contribution is 0.0710. The summed E-state index contributed by atoms with van der Waals surface area (Å²) in [5.41, 5.74) is 1.16. The van der Waals surface area contributed by atoms with Crippen LogP contribution in [0.4, 0.5) is 5.88 Å². The summed E-state index contributed by atoms with van der Waals surface area (Å²) in [6.45, 7) is 4.13. The molecular weight excluding hydrogens is 388 g/mol. The van der Waals surface area contributed by atoms with E-state index in [2.05, 4.69) is 27.0 Å². The minimum absolute atomic E-state index is 0.111. The Morgan fingerprint density at radius 3 is 2.60 bits per heavy atom. The van der Waals surface area contributed by atoms with Gasteiger partial charge in [-0.05, 0) is 41.8 Å². The van der Waals surface area contributed by atoms with Crippen molar-refractivity contribution in [3.8, 4) is 6.07 Å². The predicted molar refractivity (Wildman–Crippen MR) is 92.5 cm³/mol. The van der Waals surface area contributed by atoms with E-state index in [4.69, 9.17) is 8.83 Å². The van der Waals surface area contributed by atoms with E-state index in [9.17, 15) is 10.1 Å². The number of hydrogen-bond acceptors (Lipinski definition) is 6. The summed E-state index contributed by atoms with van der Waals surface area (Å²) in [5, 5.41) is 9.31. The topological polar surface area (TPSA) is 86.5 Å². The Kier molecular flexibility index (Phi) is 4.04. The highest BCUT2D eigenvalue weighted by Crippen LogP contribution is 2.41. The van der Waals surface area contributed by atoms with E-state index >= 15 is 0 Å². The molecule has 0 unspecified atom stereocenters. The first-order chi connectivity index (χ1) is 12.1. The van der Waals surface area contributed by atoms with Crippen molar-refractivity contribution in [1.29, 1.82) is 5.26 Å². The summed E-state index contributed by atoms with van der Waals surface area (Å²) in [4.78, 5) is 20.7. The van der Waals surface area contributed by atoms with Crippen LogP contribution in [-0.4, -0.2) is 42.0 Å². The number of furan rings is 1. The fourth-order valence-corrected chi connectivity index (χ4v) is 3.54. The highest BCUT2D eigenvalue weighted by Gasteiger charge is 2.33. The maximum atomic E-state index is 12.6. The number of aromatic nitrogens is 1. The Bertz CT molecular complexity index is 854. The van der Waals surface area contributed by atoms with Gasteiger partial charge >= 0.3 is 0 Å². The minimum Gasteiger partial charge on any atom is -0.444 e. The highest BCUT2D eigenvalue weighted by atomic mass is 79.9. The first kappa shape index (κ1) is 16.2. The second kappa shape index (κ2) is 6.23. The average Bonchev–Trinajstić information content (AvgIpc) is 3.29. The van der Waals surface area contributed by atoms with Gasteiger partial charge in [0.05, 0.1) is 0 Å². The quantitative estimate of drug-likeness (QED) is 0.780. The van der Waals surface area contributed by atoms with Crippen molar-refractivity contribution >= 4 is 27.7 Å². The number of amides is 1. The number of piperazine rings is 1. The zero-order chi connectivity index (χ0) is 17.6. The molecule has 0 spiro atoms. The van der Waals surface area contributed by atoms with Crippen LogP contribution < -0.4 is 4.90 Å². The number of oxazole rings is 1. The summed E-state index contributed by atoms with van der Waals surface area (Å²) in [6, 6.07) is 3.91. The van der Waals surface area contributed by atoms with Crippen LogP contribution in [0.2, 0.25) is 0 Å². The van der Waals surface area contributed by atoms with E-state index in [1.54, 1.807) is 11.0 Å². The molecule has 2 aromatic rings. The largest absolute Gasteiger partial charge is 0.444 e. The molecule has 7 nitrogen and oxygen atoms in total. The fraction of sp³-hybridized carbons (Fsp3) is 0.471. The third kappa shape index (κ3) is 3.04. The molecule has 25 heavy (non-hydrogen) atoms. The molecule has 0 radical (unpaired) electrons. The molecule has 2 aliphatic rings. The van der Waals surface area contributed by atoms with Crippen molar-refractivity contribution in [3.05, 3.63) is 33.6 Å². The van der Waals surface area contributed by atoms with Gasteiger partial charge < -0.3 is 18.6 Å². The summed E-state index contributed by atoms with van der Waals surface area (Å²) in [5.74, 6) is 1.83. The van der Waals surface area contributed by atoms with Crippen LogP contribution in [-0.2, 0) is 0 Å². The van der Waals surface area contributed by atoms with Gasteiger partial charge in [0.25, 0.3) is 5.91 Å². The zero-order valence-corrected chi connectivity index (χ0v) is 15.4. The lowest BCUT2D eigenvalue weighted by Crippen LogP contribution is -2.49. The second-order valence-electron chi connectivity index (χ2n) is 6.43. The lowest BCUT2D eigenvalue weighted by Gasteiger charge is -2.34. The minimum atomic E-state index is -0.111. The molecule has 0 aromatic carbocycles. The van der Waals surface area contributed by atoms with E-state index < -0.39 is 0 Å². The van der Waals surface area contributed by atoms with Gasteiger partial charge in [-0.3, -0.25) is 4.79 Å². The normalized spacial score (nSPS) is 17.6. The first-order valence-electron chi connectivity index (χ1n) is 8.28. The van der Waals surface area contributed by atoms with E-state index in [1.165, 1.54) is 0 Å². The first-order valence-corrected chi connectivity index (χ1v) is 9.07. The van der Waals surface area contributed by atoms with Crippen LogP contribution in [0.1, 0.15) is 46.5 Å². The number of halogens is 1. The Morgan fingerprint density at radius 1 is 1.32 bits per heavy atom. The smallest absolute Gasteiger partial charge is 0.290 e. The van der Waals surface area contributed by atoms with Crippen LogP contribution in [0.25, 0.3) is 0 Å². The molecule has 0 N–H and O–H groups in total. The van der Waals surface area contributed by atoms with E-state index in [-0.39, 0.29) is 5.91 Å². The molecule has 0 atom stereocenters. The molecule has 2 aromatic heterocycles. The highest BCUT2D eigenvalue weighted by molar-refractivity contribution is 9.10. The van der Waals surface area contributed by atoms with E-state index in [0.29, 0.717) is 60.0 Å². The summed E-state index contributed by atoms with van der Waals surface area (Å²) < 4.78 is 11.8. The molecule has 1 aliphatic heterocycles. The summed E-state index contributed by atoms with van der Waals surface area (Å²) >= 11 is 3.25. The van der Waals surface area contributed by atoms with E-state index in [0.717, 1.165) is 18.4 Å². The Hall–Kier alpha value is -2.27. The van der Waals surface area contributed by atoms with E-state index in [1.807, 2.05) is 11.8 Å². The number of aryl methyl sites for hydroxylation is 1. The molecule has 8 heteroatoms.